The Morgan fingerprint density at radius 3 is 2.58 bits per heavy atom. The number of hydrogen-bond donors (Lipinski definition) is 1. The number of halogens is 2. The largest absolute Gasteiger partial charge is 0.345 e. The molecule has 0 aliphatic heterocycles. The van der Waals surface area contributed by atoms with E-state index in [0.717, 1.165) is 10.0 Å². The summed E-state index contributed by atoms with van der Waals surface area (Å²) in [5.41, 5.74) is 1.59. The fraction of sp³-hybridized carbons (Fsp3) is 0.143. The van der Waals surface area contributed by atoms with Crippen molar-refractivity contribution >= 4 is 37.8 Å². The number of pyridine rings is 1. The molecule has 1 heterocycles. The number of carbonyl (C=O) groups is 1. The lowest BCUT2D eigenvalue weighted by molar-refractivity contribution is 0.0939. The second kappa shape index (κ2) is 6.30. The van der Waals surface area contributed by atoms with Crippen LogP contribution in [0.15, 0.2) is 51.7 Å². The van der Waals surface area contributed by atoms with Crippen LogP contribution in [0.5, 0.6) is 0 Å². The van der Waals surface area contributed by atoms with Crippen LogP contribution in [0.2, 0.25) is 0 Å². The van der Waals surface area contributed by atoms with Crippen molar-refractivity contribution in [1.29, 1.82) is 0 Å². The molecule has 3 nitrogen and oxygen atoms in total. The second-order valence-corrected chi connectivity index (χ2v) is 5.75. The van der Waals surface area contributed by atoms with Gasteiger partial charge in [-0.3, -0.25) is 4.79 Å². The van der Waals surface area contributed by atoms with Crippen LogP contribution in [-0.4, -0.2) is 10.9 Å². The van der Waals surface area contributed by atoms with E-state index in [0.29, 0.717) is 10.2 Å². The Bertz CT molecular complexity index is 584. The quantitative estimate of drug-likeness (QED) is 0.810. The van der Waals surface area contributed by atoms with Gasteiger partial charge in [-0.25, -0.2) is 4.98 Å². The molecule has 0 saturated carbocycles. The monoisotopic (exact) mass is 382 g/mol. The van der Waals surface area contributed by atoms with E-state index in [-0.39, 0.29) is 11.9 Å². The minimum absolute atomic E-state index is 0.0771. The van der Waals surface area contributed by atoms with E-state index in [1.807, 2.05) is 31.2 Å². The molecule has 1 atom stereocenters. The minimum Gasteiger partial charge on any atom is -0.345 e. The molecule has 1 amide bonds. The maximum absolute atomic E-state index is 12.1. The molecule has 0 spiro atoms. The molecule has 1 aromatic heterocycles. The third-order valence-corrected chi connectivity index (χ3v) is 3.90. The zero-order chi connectivity index (χ0) is 13.8. The van der Waals surface area contributed by atoms with Gasteiger partial charge in [0.15, 0.2) is 0 Å². The first-order valence-electron chi connectivity index (χ1n) is 5.75. The van der Waals surface area contributed by atoms with Gasteiger partial charge in [-0.15, -0.1) is 0 Å². The maximum Gasteiger partial charge on any atom is 0.253 e. The number of nitrogens with one attached hydrogen (secondary N) is 1. The summed E-state index contributed by atoms with van der Waals surface area (Å²) in [6, 6.07) is 11.2. The summed E-state index contributed by atoms with van der Waals surface area (Å²) in [7, 11) is 0. The minimum atomic E-state index is -0.136. The average Bonchev–Trinajstić information content (AvgIpc) is 2.39. The van der Waals surface area contributed by atoms with Gasteiger partial charge in [-0.2, -0.15) is 0 Å². The Morgan fingerprint density at radius 2 is 1.95 bits per heavy atom. The lowest BCUT2D eigenvalue weighted by Crippen LogP contribution is -2.26. The van der Waals surface area contributed by atoms with E-state index in [4.69, 9.17) is 0 Å². The molecular weight excluding hydrogens is 372 g/mol. The first-order chi connectivity index (χ1) is 9.08. The normalized spacial score (nSPS) is 11.9. The van der Waals surface area contributed by atoms with E-state index in [9.17, 15) is 4.79 Å². The van der Waals surface area contributed by atoms with E-state index >= 15 is 0 Å². The number of aromatic nitrogens is 1. The third-order valence-electron chi connectivity index (χ3n) is 2.71. The van der Waals surface area contributed by atoms with Crippen LogP contribution >= 0.6 is 31.9 Å². The molecule has 2 aromatic rings. The number of carbonyl (C=O) groups excluding carboxylic acids is 1. The number of rotatable bonds is 3. The van der Waals surface area contributed by atoms with Crippen molar-refractivity contribution < 1.29 is 4.79 Å². The number of nitrogens with zero attached hydrogens (tertiary/aromatic N) is 1. The molecule has 0 saturated heterocycles. The molecule has 0 bridgehead atoms. The fourth-order valence-electron chi connectivity index (χ4n) is 1.69. The van der Waals surface area contributed by atoms with Gasteiger partial charge in [-0.05, 0) is 46.6 Å². The van der Waals surface area contributed by atoms with E-state index in [2.05, 4.69) is 42.2 Å². The van der Waals surface area contributed by atoms with Crippen molar-refractivity contribution in [1.82, 2.24) is 10.3 Å². The highest BCUT2D eigenvalue weighted by Crippen LogP contribution is 2.23. The summed E-state index contributed by atoms with van der Waals surface area (Å²) >= 11 is 6.73. The van der Waals surface area contributed by atoms with Crippen LogP contribution in [0.3, 0.4) is 0 Å². The molecule has 0 aliphatic carbocycles. The summed E-state index contributed by atoms with van der Waals surface area (Å²) in [5.74, 6) is -0.136. The molecule has 0 radical (unpaired) electrons. The third kappa shape index (κ3) is 3.64. The van der Waals surface area contributed by atoms with E-state index in [1.54, 1.807) is 18.3 Å². The lowest BCUT2D eigenvalue weighted by atomic mass is 10.1. The SMILES string of the molecule is CC(NC(=O)c1ccc(Br)nc1)c1ccccc1Br. The van der Waals surface area contributed by atoms with Crippen molar-refractivity contribution in [3.63, 3.8) is 0 Å². The van der Waals surface area contributed by atoms with Crippen LogP contribution in [0.25, 0.3) is 0 Å². The van der Waals surface area contributed by atoms with Crippen molar-refractivity contribution in [2.24, 2.45) is 0 Å². The van der Waals surface area contributed by atoms with Gasteiger partial charge in [0.1, 0.15) is 4.60 Å². The zero-order valence-electron chi connectivity index (χ0n) is 10.2. The highest BCUT2D eigenvalue weighted by atomic mass is 79.9. The van der Waals surface area contributed by atoms with Gasteiger partial charge < -0.3 is 5.32 Å². The Labute approximate surface area is 128 Å². The van der Waals surface area contributed by atoms with Crippen LogP contribution in [0.4, 0.5) is 0 Å². The molecule has 1 N–H and O–H groups in total. The summed E-state index contributed by atoms with van der Waals surface area (Å²) in [6.07, 6.45) is 1.55. The van der Waals surface area contributed by atoms with Gasteiger partial charge in [0.2, 0.25) is 0 Å². The summed E-state index contributed by atoms with van der Waals surface area (Å²) in [4.78, 5) is 16.1. The number of hydrogen-bond acceptors (Lipinski definition) is 2. The topological polar surface area (TPSA) is 42.0 Å². The van der Waals surface area contributed by atoms with Gasteiger partial charge in [0.25, 0.3) is 5.91 Å². The molecular formula is C14H12Br2N2O. The Hall–Kier alpha value is -1.20. The first-order valence-corrected chi connectivity index (χ1v) is 7.33. The molecule has 19 heavy (non-hydrogen) atoms. The van der Waals surface area contributed by atoms with Crippen molar-refractivity contribution in [2.45, 2.75) is 13.0 Å². The number of amides is 1. The summed E-state index contributed by atoms with van der Waals surface area (Å²) < 4.78 is 1.69. The Kier molecular flexibility index (Phi) is 4.71. The van der Waals surface area contributed by atoms with E-state index in [1.165, 1.54) is 0 Å². The van der Waals surface area contributed by atoms with Crippen molar-refractivity contribution in [2.75, 3.05) is 0 Å². The summed E-state index contributed by atoms with van der Waals surface area (Å²) in [5, 5.41) is 2.95. The van der Waals surface area contributed by atoms with Gasteiger partial charge in [-0.1, -0.05) is 34.1 Å². The van der Waals surface area contributed by atoms with Crippen LogP contribution in [0, 0.1) is 0 Å². The molecule has 0 aliphatic rings. The summed E-state index contributed by atoms with van der Waals surface area (Å²) in [6.45, 7) is 1.95. The highest BCUT2D eigenvalue weighted by Gasteiger charge is 2.13. The smallest absolute Gasteiger partial charge is 0.253 e. The molecule has 98 valence electrons. The van der Waals surface area contributed by atoms with Gasteiger partial charge in [0, 0.05) is 10.7 Å². The second-order valence-electron chi connectivity index (χ2n) is 4.09. The molecule has 0 fully saturated rings. The predicted molar refractivity (Wildman–Crippen MR) is 82.0 cm³/mol. The fourth-order valence-corrected chi connectivity index (χ4v) is 2.56. The number of benzene rings is 1. The van der Waals surface area contributed by atoms with Crippen molar-refractivity contribution in [3.8, 4) is 0 Å². The standard InChI is InChI=1S/C14H12Br2N2O/c1-9(11-4-2-3-5-12(11)15)18-14(19)10-6-7-13(16)17-8-10/h2-9H,1H3,(H,18,19). The molecule has 1 unspecified atom stereocenters. The zero-order valence-corrected chi connectivity index (χ0v) is 13.4. The van der Waals surface area contributed by atoms with Crippen LogP contribution in [-0.2, 0) is 0 Å². The van der Waals surface area contributed by atoms with E-state index < -0.39 is 0 Å². The lowest BCUT2D eigenvalue weighted by Gasteiger charge is -2.15. The average molecular weight is 384 g/mol. The van der Waals surface area contributed by atoms with Crippen molar-refractivity contribution in [3.05, 3.63) is 62.8 Å². The van der Waals surface area contributed by atoms with Crippen LogP contribution < -0.4 is 5.32 Å². The predicted octanol–water partition coefficient (Wildman–Crippen LogP) is 4.10. The van der Waals surface area contributed by atoms with Crippen LogP contribution in [0.1, 0.15) is 28.9 Å². The highest BCUT2D eigenvalue weighted by molar-refractivity contribution is 9.10. The van der Waals surface area contributed by atoms with Gasteiger partial charge in [0.05, 0.1) is 11.6 Å². The maximum atomic E-state index is 12.1. The Morgan fingerprint density at radius 1 is 1.21 bits per heavy atom. The molecule has 2 rings (SSSR count). The first kappa shape index (κ1) is 14.2. The van der Waals surface area contributed by atoms with Gasteiger partial charge >= 0.3 is 0 Å². The molecule has 5 heteroatoms. The molecule has 1 aromatic carbocycles. The Balaban J connectivity index is 2.11.